The van der Waals surface area contributed by atoms with Crippen molar-refractivity contribution < 1.29 is 14.1 Å². The molecule has 1 aromatic carbocycles. The van der Waals surface area contributed by atoms with E-state index >= 15 is 0 Å². The third-order valence-electron chi connectivity index (χ3n) is 2.75. The highest BCUT2D eigenvalue weighted by molar-refractivity contribution is 5.74. The first kappa shape index (κ1) is 12.0. The van der Waals surface area contributed by atoms with Crippen molar-refractivity contribution in [2.45, 2.75) is 13.8 Å². The van der Waals surface area contributed by atoms with Crippen LogP contribution in [0.15, 0.2) is 28.7 Å². The minimum atomic E-state index is -0.412. The largest absolute Gasteiger partial charge is 0.453 e. The Kier molecular flexibility index (Phi) is 2.97. The molecule has 5 heteroatoms. The van der Waals surface area contributed by atoms with E-state index in [0.29, 0.717) is 17.6 Å². The lowest BCUT2D eigenvalue weighted by atomic mass is 10.0. The van der Waals surface area contributed by atoms with Crippen LogP contribution in [0.2, 0.25) is 0 Å². The number of furan rings is 1. The van der Waals surface area contributed by atoms with Crippen molar-refractivity contribution in [1.29, 1.82) is 0 Å². The fraction of sp³-hybridized carbons (Fsp3) is 0.154. The van der Waals surface area contributed by atoms with Crippen molar-refractivity contribution in [1.82, 2.24) is 0 Å². The Balaban J connectivity index is 2.55. The number of aryl methyl sites for hydroxylation is 2. The molecule has 18 heavy (non-hydrogen) atoms. The third-order valence-corrected chi connectivity index (χ3v) is 2.75. The first-order valence-corrected chi connectivity index (χ1v) is 5.34. The molecule has 0 bridgehead atoms. The van der Waals surface area contributed by atoms with Gasteiger partial charge in [-0.05, 0) is 37.6 Å². The summed E-state index contributed by atoms with van der Waals surface area (Å²) < 4.78 is 5.32. The maximum Gasteiger partial charge on any atom is 0.272 e. The van der Waals surface area contributed by atoms with Crippen molar-refractivity contribution >= 4 is 12.0 Å². The number of rotatable bonds is 3. The minimum absolute atomic E-state index is 0.0819. The Morgan fingerprint density at radius 2 is 1.94 bits per heavy atom. The van der Waals surface area contributed by atoms with Crippen LogP contribution in [0.4, 0.5) is 5.69 Å². The van der Waals surface area contributed by atoms with E-state index in [1.807, 2.05) is 0 Å². The van der Waals surface area contributed by atoms with Gasteiger partial charge in [0.1, 0.15) is 5.76 Å². The molecule has 1 aromatic heterocycles. The number of aldehydes is 1. The van der Waals surface area contributed by atoms with E-state index in [0.717, 1.165) is 11.1 Å². The average Bonchev–Trinajstić information content (AvgIpc) is 2.79. The van der Waals surface area contributed by atoms with Crippen molar-refractivity contribution in [2.75, 3.05) is 0 Å². The van der Waals surface area contributed by atoms with Gasteiger partial charge >= 0.3 is 0 Å². The Bertz CT molecular complexity index is 628. The molecule has 1 heterocycles. The lowest BCUT2D eigenvalue weighted by Crippen LogP contribution is -1.94. The number of nitro benzene ring substituents is 1. The number of hydrogen-bond donors (Lipinski definition) is 0. The fourth-order valence-corrected chi connectivity index (χ4v) is 1.82. The molecule has 0 fully saturated rings. The van der Waals surface area contributed by atoms with Crippen LogP contribution in [0.25, 0.3) is 11.3 Å². The summed E-state index contributed by atoms with van der Waals surface area (Å²) in [5.74, 6) is 0.771. The summed E-state index contributed by atoms with van der Waals surface area (Å²) in [6.07, 6.45) is 0.622. The van der Waals surface area contributed by atoms with Gasteiger partial charge in [-0.15, -0.1) is 0 Å². The molecule has 0 N–H and O–H groups in total. The predicted molar refractivity (Wildman–Crippen MR) is 65.7 cm³/mol. The molecule has 0 aliphatic rings. The van der Waals surface area contributed by atoms with Crippen molar-refractivity contribution in [3.8, 4) is 11.3 Å². The van der Waals surface area contributed by atoms with Crippen LogP contribution in [0.5, 0.6) is 0 Å². The predicted octanol–water partition coefficient (Wildman–Crippen LogP) is 3.28. The number of carbonyl (C=O) groups excluding carboxylic acids is 1. The molecular formula is C13H11NO4. The van der Waals surface area contributed by atoms with Crippen LogP contribution in [-0.2, 0) is 0 Å². The molecule has 0 spiro atoms. The molecule has 2 rings (SSSR count). The second-order valence-electron chi connectivity index (χ2n) is 4.03. The standard InChI is InChI=1S/C13H11NO4/c1-8-6-12(14(16)17)9(2)5-11(8)13-4-3-10(7-15)18-13/h3-7H,1-2H3. The number of carbonyl (C=O) groups is 1. The Morgan fingerprint density at radius 3 is 2.50 bits per heavy atom. The van der Waals surface area contributed by atoms with E-state index in [1.165, 1.54) is 6.07 Å². The quantitative estimate of drug-likeness (QED) is 0.472. The summed E-state index contributed by atoms with van der Waals surface area (Å²) in [5, 5.41) is 10.8. The summed E-state index contributed by atoms with van der Waals surface area (Å²) in [5.41, 5.74) is 2.13. The van der Waals surface area contributed by atoms with E-state index in [9.17, 15) is 14.9 Å². The second-order valence-corrected chi connectivity index (χ2v) is 4.03. The lowest BCUT2D eigenvalue weighted by Gasteiger charge is -2.05. The van der Waals surface area contributed by atoms with Crippen LogP contribution >= 0.6 is 0 Å². The van der Waals surface area contributed by atoms with Crippen molar-refractivity contribution in [2.24, 2.45) is 0 Å². The fourth-order valence-electron chi connectivity index (χ4n) is 1.82. The molecule has 92 valence electrons. The molecule has 0 aliphatic heterocycles. The normalized spacial score (nSPS) is 10.3. The second kappa shape index (κ2) is 4.44. The summed E-state index contributed by atoms with van der Waals surface area (Å²) in [6.45, 7) is 3.44. The molecule has 0 saturated carbocycles. The first-order valence-electron chi connectivity index (χ1n) is 5.34. The molecule has 0 radical (unpaired) electrons. The molecule has 0 saturated heterocycles. The van der Waals surface area contributed by atoms with Gasteiger partial charge in [0.15, 0.2) is 12.0 Å². The van der Waals surface area contributed by atoms with Crippen LogP contribution < -0.4 is 0 Å². The van der Waals surface area contributed by atoms with Crippen molar-refractivity contribution in [3.05, 3.63) is 51.3 Å². The Labute approximate surface area is 103 Å². The zero-order chi connectivity index (χ0) is 13.3. The van der Waals surface area contributed by atoms with Gasteiger partial charge in [0.2, 0.25) is 0 Å². The Morgan fingerprint density at radius 1 is 1.22 bits per heavy atom. The number of hydrogen-bond acceptors (Lipinski definition) is 4. The maximum atomic E-state index is 10.8. The van der Waals surface area contributed by atoms with Gasteiger partial charge in [-0.3, -0.25) is 14.9 Å². The molecule has 0 amide bonds. The third kappa shape index (κ3) is 2.02. The smallest absolute Gasteiger partial charge is 0.272 e. The van der Waals surface area contributed by atoms with Crippen LogP contribution in [0.3, 0.4) is 0 Å². The van der Waals surface area contributed by atoms with E-state index in [2.05, 4.69) is 0 Å². The summed E-state index contributed by atoms with van der Waals surface area (Å²) in [4.78, 5) is 21.0. The highest BCUT2D eigenvalue weighted by Crippen LogP contribution is 2.30. The summed E-state index contributed by atoms with van der Waals surface area (Å²) in [7, 11) is 0. The van der Waals surface area contributed by atoms with E-state index in [1.54, 1.807) is 32.0 Å². The van der Waals surface area contributed by atoms with Gasteiger partial charge in [-0.25, -0.2) is 0 Å². The lowest BCUT2D eigenvalue weighted by molar-refractivity contribution is -0.385. The van der Waals surface area contributed by atoms with Crippen LogP contribution in [0.1, 0.15) is 21.7 Å². The zero-order valence-electron chi connectivity index (χ0n) is 9.97. The Hall–Kier alpha value is -2.43. The number of nitrogens with zero attached hydrogens (tertiary/aromatic N) is 1. The monoisotopic (exact) mass is 245 g/mol. The summed E-state index contributed by atoms with van der Waals surface area (Å²) >= 11 is 0. The van der Waals surface area contributed by atoms with Gasteiger partial charge in [-0.2, -0.15) is 0 Å². The summed E-state index contributed by atoms with van der Waals surface area (Å²) in [6, 6.07) is 6.45. The molecule has 0 atom stereocenters. The van der Waals surface area contributed by atoms with E-state index < -0.39 is 4.92 Å². The van der Waals surface area contributed by atoms with Gasteiger partial charge in [0.05, 0.1) is 4.92 Å². The molecule has 2 aromatic rings. The van der Waals surface area contributed by atoms with Crippen LogP contribution in [-0.4, -0.2) is 11.2 Å². The number of benzene rings is 1. The molecule has 5 nitrogen and oxygen atoms in total. The molecule has 0 aliphatic carbocycles. The van der Waals surface area contributed by atoms with Gasteiger partial charge in [0, 0.05) is 17.2 Å². The van der Waals surface area contributed by atoms with E-state index in [4.69, 9.17) is 4.42 Å². The van der Waals surface area contributed by atoms with E-state index in [-0.39, 0.29) is 11.4 Å². The number of nitro groups is 1. The van der Waals surface area contributed by atoms with Gasteiger partial charge < -0.3 is 4.42 Å². The zero-order valence-corrected chi connectivity index (χ0v) is 9.97. The first-order chi connectivity index (χ1) is 8.52. The van der Waals surface area contributed by atoms with Gasteiger partial charge in [0.25, 0.3) is 5.69 Å². The average molecular weight is 245 g/mol. The van der Waals surface area contributed by atoms with Crippen LogP contribution in [0, 0.1) is 24.0 Å². The highest BCUT2D eigenvalue weighted by Gasteiger charge is 2.15. The SMILES string of the molecule is Cc1cc([N+](=O)[O-])c(C)cc1-c1ccc(C=O)o1. The topological polar surface area (TPSA) is 73.3 Å². The molecule has 0 unspecified atom stereocenters. The van der Waals surface area contributed by atoms with Gasteiger partial charge in [-0.1, -0.05) is 0 Å². The molecular weight excluding hydrogens is 234 g/mol. The maximum absolute atomic E-state index is 10.8. The highest BCUT2D eigenvalue weighted by atomic mass is 16.6. The van der Waals surface area contributed by atoms with Crippen molar-refractivity contribution in [3.63, 3.8) is 0 Å². The minimum Gasteiger partial charge on any atom is -0.453 e.